The van der Waals surface area contributed by atoms with Crippen LogP contribution in [0.5, 0.6) is 5.75 Å². The molecule has 0 saturated carbocycles. The number of nitrogens with one attached hydrogen (secondary N) is 1. The number of ether oxygens (including phenoxy) is 2. The lowest BCUT2D eigenvalue weighted by Gasteiger charge is -2.38. The first kappa shape index (κ1) is 25.6. The summed E-state index contributed by atoms with van der Waals surface area (Å²) >= 11 is 6.22. The molecule has 4 rings (SSSR count). The second kappa shape index (κ2) is 11.5. The minimum atomic E-state index is -0.394. The van der Waals surface area contributed by atoms with Gasteiger partial charge in [-0.15, -0.1) is 0 Å². The summed E-state index contributed by atoms with van der Waals surface area (Å²) in [6.07, 6.45) is 2.02. The maximum absolute atomic E-state index is 13.7. The van der Waals surface area contributed by atoms with Crippen molar-refractivity contribution in [2.24, 2.45) is 0 Å². The van der Waals surface area contributed by atoms with Crippen LogP contribution in [0.3, 0.4) is 0 Å². The number of hydrogen-bond donors (Lipinski definition) is 1. The van der Waals surface area contributed by atoms with Crippen molar-refractivity contribution in [1.29, 1.82) is 0 Å². The Kier molecular flexibility index (Phi) is 8.18. The van der Waals surface area contributed by atoms with Gasteiger partial charge in [0.05, 0.1) is 13.7 Å². The van der Waals surface area contributed by atoms with Gasteiger partial charge in [0, 0.05) is 54.9 Å². The summed E-state index contributed by atoms with van der Waals surface area (Å²) in [4.78, 5) is 30.2. The van der Waals surface area contributed by atoms with E-state index in [2.05, 4.69) is 9.88 Å². The van der Waals surface area contributed by atoms with E-state index in [1.165, 1.54) is 4.90 Å². The number of carbonyl (C=O) groups excluding carboxylic acids is 2. The molecule has 1 atom stereocenters. The highest BCUT2D eigenvalue weighted by atomic mass is 35.5. The normalized spacial score (nSPS) is 14.8. The monoisotopic (exact) mass is 510 g/mol. The van der Waals surface area contributed by atoms with Gasteiger partial charge in [0.15, 0.2) is 0 Å². The number of carbonyl (C=O) groups is 2. The number of halogens is 1. The van der Waals surface area contributed by atoms with Crippen LogP contribution in [0.25, 0.3) is 0 Å². The van der Waals surface area contributed by atoms with E-state index in [1.807, 2.05) is 60.5 Å². The lowest BCUT2D eigenvalue weighted by molar-refractivity contribution is -0.134. The van der Waals surface area contributed by atoms with Gasteiger partial charge < -0.3 is 29.2 Å². The predicted molar refractivity (Wildman–Crippen MR) is 140 cm³/mol. The number of para-hydroxylation sites is 1. The average molecular weight is 511 g/mol. The van der Waals surface area contributed by atoms with E-state index in [9.17, 15) is 9.59 Å². The molecule has 2 heterocycles. The van der Waals surface area contributed by atoms with Gasteiger partial charge >= 0.3 is 6.03 Å². The second-order valence-electron chi connectivity index (χ2n) is 8.67. The number of methoxy groups -OCH3 is 2. The van der Waals surface area contributed by atoms with Crippen LogP contribution < -0.4 is 10.1 Å². The number of aromatic nitrogens is 1. The molecule has 36 heavy (non-hydrogen) atoms. The third kappa shape index (κ3) is 5.50. The van der Waals surface area contributed by atoms with E-state index in [4.69, 9.17) is 21.1 Å². The van der Waals surface area contributed by atoms with Gasteiger partial charge in [-0.1, -0.05) is 35.9 Å². The van der Waals surface area contributed by atoms with Crippen LogP contribution >= 0.6 is 11.6 Å². The van der Waals surface area contributed by atoms with Crippen LogP contribution in [-0.2, 0) is 16.1 Å². The zero-order valence-electron chi connectivity index (χ0n) is 20.7. The van der Waals surface area contributed by atoms with Crippen molar-refractivity contribution in [2.45, 2.75) is 19.5 Å². The highest BCUT2D eigenvalue weighted by Gasteiger charge is 2.35. The van der Waals surface area contributed by atoms with Crippen LogP contribution in [0.15, 0.2) is 60.8 Å². The van der Waals surface area contributed by atoms with Crippen molar-refractivity contribution >= 4 is 29.2 Å². The van der Waals surface area contributed by atoms with E-state index >= 15 is 0 Å². The van der Waals surface area contributed by atoms with E-state index in [0.29, 0.717) is 36.2 Å². The molecular formula is C27H31ClN4O4. The van der Waals surface area contributed by atoms with Gasteiger partial charge in [0.1, 0.15) is 18.3 Å². The smallest absolute Gasteiger partial charge is 0.322 e. The lowest BCUT2D eigenvalue weighted by Crippen LogP contribution is -2.49. The SMILES string of the molecule is COCCN(CC(=O)N1CCn2cccc2C1c1ccccc1OC)C(=O)Nc1ccc(C)c(Cl)c1. The molecule has 0 saturated heterocycles. The minimum absolute atomic E-state index is 0.0961. The van der Waals surface area contributed by atoms with Crippen LogP contribution in [0.1, 0.15) is 22.9 Å². The minimum Gasteiger partial charge on any atom is -0.496 e. The summed E-state index contributed by atoms with van der Waals surface area (Å²) in [7, 11) is 3.19. The lowest BCUT2D eigenvalue weighted by atomic mass is 9.98. The van der Waals surface area contributed by atoms with Gasteiger partial charge in [0.25, 0.3) is 0 Å². The standard InChI is InChI=1S/C27H31ClN4O4/c1-19-10-11-20(17-22(19)28)29-27(34)31(15-16-35-2)18-25(33)32-14-13-30-12-6-8-23(30)26(32)21-7-4-5-9-24(21)36-3/h4-12,17,26H,13-16,18H2,1-3H3,(H,29,34). The fraction of sp³-hybridized carbons (Fsp3) is 0.333. The molecule has 2 aromatic carbocycles. The Bertz CT molecular complexity index is 1230. The summed E-state index contributed by atoms with van der Waals surface area (Å²) in [5.74, 6) is 0.548. The Hall–Kier alpha value is -3.49. The molecule has 9 heteroatoms. The molecule has 1 aromatic heterocycles. The van der Waals surface area contributed by atoms with E-state index in [0.717, 1.165) is 16.8 Å². The Labute approximate surface area is 216 Å². The Morgan fingerprint density at radius 3 is 2.67 bits per heavy atom. The molecule has 1 aliphatic rings. The molecule has 1 aliphatic heterocycles. The van der Waals surface area contributed by atoms with Crippen molar-refractivity contribution < 1.29 is 19.1 Å². The molecule has 0 radical (unpaired) electrons. The summed E-state index contributed by atoms with van der Waals surface area (Å²) in [6.45, 7) is 3.54. The van der Waals surface area contributed by atoms with Crippen molar-refractivity contribution in [3.05, 3.63) is 82.6 Å². The quantitative estimate of drug-likeness (QED) is 0.481. The Morgan fingerprint density at radius 1 is 1.11 bits per heavy atom. The number of anilines is 1. The van der Waals surface area contributed by atoms with Gasteiger partial charge in [-0.25, -0.2) is 4.79 Å². The molecule has 0 spiro atoms. The number of fused-ring (bicyclic) bond motifs is 1. The Balaban J connectivity index is 1.58. The molecule has 1 N–H and O–H groups in total. The Morgan fingerprint density at radius 2 is 1.92 bits per heavy atom. The summed E-state index contributed by atoms with van der Waals surface area (Å²) in [6, 6.07) is 16.3. The molecule has 0 fully saturated rings. The number of benzene rings is 2. The fourth-order valence-electron chi connectivity index (χ4n) is 4.45. The summed E-state index contributed by atoms with van der Waals surface area (Å²) < 4.78 is 13.0. The molecule has 3 amide bonds. The van der Waals surface area contributed by atoms with Gasteiger partial charge in [-0.2, -0.15) is 0 Å². The van der Waals surface area contributed by atoms with Gasteiger partial charge in [-0.3, -0.25) is 4.79 Å². The van der Waals surface area contributed by atoms with E-state index in [-0.39, 0.29) is 25.0 Å². The van der Waals surface area contributed by atoms with Gasteiger partial charge in [-0.05, 0) is 42.8 Å². The molecule has 0 bridgehead atoms. The average Bonchev–Trinajstić information content (AvgIpc) is 3.37. The van der Waals surface area contributed by atoms with Crippen molar-refractivity contribution in [3.63, 3.8) is 0 Å². The van der Waals surface area contributed by atoms with E-state index < -0.39 is 6.03 Å². The highest BCUT2D eigenvalue weighted by Crippen LogP contribution is 2.37. The fourth-order valence-corrected chi connectivity index (χ4v) is 4.63. The number of rotatable bonds is 8. The zero-order chi connectivity index (χ0) is 25.7. The number of aryl methyl sites for hydroxylation is 1. The maximum atomic E-state index is 13.7. The molecule has 8 nitrogen and oxygen atoms in total. The van der Waals surface area contributed by atoms with Gasteiger partial charge in [0.2, 0.25) is 5.91 Å². The van der Waals surface area contributed by atoms with Crippen LogP contribution in [0, 0.1) is 6.92 Å². The molecule has 190 valence electrons. The first-order valence-corrected chi connectivity index (χ1v) is 12.2. The number of urea groups is 1. The molecule has 1 unspecified atom stereocenters. The van der Waals surface area contributed by atoms with Crippen molar-refractivity contribution in [2.75, 3.05) is 45.8 Å². The number of nitrogens with zero attached hydrogens (tertiary/aromatic N) is 3. The molecule has 3 aromatic rings. The number of amides is 3. The van der Waals surface area contributed by atoms with Crippen LogP contribution in [-0.4, -0.2) is 66.8 Å². The summed E-state index contributed by atoms with van der Waals surface area (Å²) in [5.41, 5.74) is 3.38. The maximum Gasteiger partial charge on any atom is 0.322 e. The number of hydrogen-bond acceptors (Lipinski definition) is 4. The first-order chi connectivity index (χ1) is 17.4. The van der Waals surface area contributed by atoms with Crippen LogP contribution in [0.2, 0.25) is 5.02 Å². The first-order valence-electron chi connectivity index (χ1n) is 11.8. The third-order valence-electron chi connectivity index (χ3n) is 6.39. The van der Waals surface area contributed by atoms with Crippen LogP contribution in [0.4, 0.5) is 10.5 Å². The third-order valence-corrected chi connectivity index (χ3v) is 6.80. The van der Waals surface area contributed by atoms with Crippen molar-refractivity contribution in [1.82, 2.24) is 14.4 Å². The zero-order valence-corrected chi connectivity index (χ0v) is 21.5. The largest absolute Gasteiger partial charge is 0.496 e. The predicted octanol–water partition coefficient (Wildman–Crippen LogP) is 4.57. The van der Waals surface area contributed by atoms with Crippen molar-refractivity contribution in [3.8, 4) is 5.75 Å². The molecular weight excluding hydrogens is 480 g/mol. The highest BCUT2D eigenvalue weighted by molar-refractivity contribution is 6.31. The van der Waals surface area contributed by atoms with E-state index in [1.54, 1.807) is 26.4 Å². The molecule has 0 aliphatic carbocycles. The summed E-state index contributed by atoms with van der Waals surface area (Å²) in [5, 5.41) is 3.41. The second-order valence-corrected chi connectivity index (χ2v) is 9.07. The topological polar surface area (TPSA) is 76.0 Å².